The number of aliphatic carboxylic acids is 2. The number of hydrogen-bond donors (Lipinski definition) is 3. The maximum Gasteiger partial charge on any atom is 0.304 e. The van der Waals surface area contributed by atoms with Crippen molar-refractivity contribution in [2.45, 2.75) is 35.5 Å². The van der Waals surface area contributed by atoms with Gasteiger partial charge in [-0.1, -0.05) is 18.2 Å². The van der Waals surface area contributed by atoms with E-state index in [-0.39, 0.29) is 62.1 Å². The Morgan fingerprint density at radius 3 is 1.54 bits per heavy atom. The molecule has 0 radical (unpaired) electrons. The summed E-state index contributed by atoms with van der Waals surface area (Å²) in [6, 6.07) is 10.2. The van der Waals surface area contributed by atoms with Crippen molar-refractivity contribution in [3.63, 3.8) is 0 Å². The maximum atomic E-state index is 14.6. The predicted molar refractivity (Wildman–Crippen MR) is 216 cm³/mol. The third-order valence-electron chi connectivity index (χ3n) is 9.78. The van der Waals surface area contributed by atoms with Crippen molar-refractivity contribution in [3.05, 3.63) is 36.4 Å². The first-order valence-corrected chi connectivity index (χ1v) is 21.3. The number of sulfonamides is 2. The molecule has 0 unspecified atom stereocenters. The highest BCUT2D eigenvalue weighted by molar-refractivity contribution is 7.90. The number of aliphatic hydroxyl groups excluding tert-OH is 1. The van der Waals surface area contributed by atoms with Gasteiger partial charge >= 0.3 is 11.9 Å². The molecule has 4 rings (SSSR count). The molecule has 0 amide bonds. The van der Waals surface area contributed by atoms with Crippen LogP contribution in [0.15, 0.2) is 46.2 Å². The summed E-state index contributed by atoms with van der Waals surface area (Å²) in [6.07, 6.45) is 0.726. The number of benzene rings is 4. The molecule has 18 heteroatoms. The Hall–Kier alpha value is -3.88. The van der Waals surface area contributed by atoms with Gasteiger partial charge in [0.1, 0.15) is 12.4 Å². The third kappa shape index (κ3) is 10.5. The topological polar surface area (TPSA) is 198 Å². The molecule has 0 saturated heterocycles. The fourth-order valence-electron chi connectivity index (χ4n) is 6.67. The van der Waals surface area contributed by atoms with Gasteiger partial charge in [0.25, 0.3) is 0 Å². The molecular formula is C38H55N5O11S2. The Labute approximate surface area is 329 Å². The van der Waals surface area contributed by atoms with Gasteiger partial charge in [-0.3, -0.25) is 9.59 Å². The minimum Gasteiger partial charge on any atom is -0.490 e. The molecule has 0 atom stereocenters. The van der Waals surface area contributed by atoms with Crippen molar-refractivity contribution in [2.24, 2.45) is 0 Å². The highest BCUT2D eigenvalue weighted by Gasteiger charge is 2.32. The summed E-state index contributed by atoms with van der Waals surface area (Å²) in [4.78, 5) is 27.2. The van der Waals surface area contributed by atoms with E-state index >= 15 is 0 Å². The van der Waals surface area contributed by atoms with Gasteiger partial charge in [-0.15, -0.1) is 0 Å². The zero-order valence-electron chi connectivity index (χ0n) is 33.0. The number of rotatable bonds is 25. The van der Waals surface area contributed by atoms with Crippen molar-refractivity contribution >= 4 is 70.0 Å². The van der Waals surface area contributed by atoms with Crippen molar-refractivity contribution in [2.75, 3.05) is 113 Å². The minimum atomic E-state index is -4.29. The average molecular weight is 822 g/mol. The number of carboxylic acids is 2. The van der Waals surface area contributed by atoms with Crippen LogP contribution in [0.1, 0.15) is 25.7 Å². The number of carboxylic acid groups (broad SMARTS) is 2. The van der Waals surface area contributed by atoms with E-state index < -0.39 is 32.0 Å². The van der Waals surface area contributed by atoms with Gasteiger partial charge < -0.3 is 39.5 Å². The molecule has 0 aliphatic rings. The van der Waals surface area contributed by atoms with Gasteiger partial charge in [-0.25, -0.2) is 25.4 Å². The quantitative estimate of drug-likeness (QED) is 0.0652. The van der Waals surface area contributed by atoms with Crippen molar-refractivity contribution < 1.29 is 51.2 Å². The standard InChI is InChI=1S/C38H55N5O11S2/c1-39(2)31-25-32(54-24-23-53-22-21-44)28-10-12-30-34(56(51,52)43(6)18-8-16-41(4)20-14-36(47)48)26-33(29-11-9-27(31)37(28)38(29)30)55(49,50)42(5)17-7-15-40(3)19-13-35(45)46/h9-12,25-26,44H,7-8,13-24H2,1-6H3,(H,45,46)(H,47,48). The molecule has 4 aromatic carbocycles. The number of aliphatic hydroxyl groups is 1. The van der Waals surface area contributed by atoms with Crippen LogP contribution < -0.4 is 9.64 Å². The number of hydrogen-bond acceptors (Lipinski definition) is 12. The van der Waals surface area contributed by atoms with Gasteiger partial charge in [-0.05, 0) is 52.2 Å². The van der Waals surface area contributed by atoms with Gasteiger partial charge in [0.15, 0.2) is 0 Å². The minimum absolute atomic E-state index is 0.0414. The fraction of sp³-hybridized carbons (Fsp3) is 0.526. The van der Waals surface area contributed by atoms with Crippen LogP contribution in [-0.2, 0) is 34.4 Å². The third-order valence-corrected chi connectivity index (χ3v) is 13.6. The molecule has 0 aliphatic heterocycles. The molecule has 310 valence electrons. The van der Waals surface area contributed by atoms with Crippen LogP contribution in [0.3, 0.4) is 0 Å². The number of nitrogens with zero attached hydrogens (tertiary/aromatic N) is 5. The zero-order valence-corrected chi connectivity index (χ0v) is 34.7. The first-order valence-electron chi connectivity index (χ1n) is 18.4. The summed E-state index contributed by atoms with van der Waals surface area (Å²) < 4.78 is 72.2. The summed E-state index contributed by atoms with van der Waals surface area (Å²) >= 11 is 0. The number of carbonyl (C=O) groups is 2. The largest absolute Gasteiger partial charge is 0.490 e. The van der Waals surface area contributed by atoms with E-state index in [1.165, 1.54) is 28.8 Å². The van der Waals surface area contributed by atoms with Crippen LogP contribution in [0.2, 0.25) is 0 Å². The van der Waals surface area contributed by atoms with Crippen molar-refractivity contribution in [1.82, 2.24) is 18.4 Å². The molecule has 16 nitrogen and oxygen atoms in total. The van der Waals surface area contributed by atoms with Crippen LogP contribution in [0.4, 0.5) is 5.69 Å². The van der Waals surface area contributed by atoms with Crippen LogP contribution in [0, 0.1) is 0 Å². The summed E-state index contributed by atoms with van der Waals surface area (Å²) in [6.45, 7) is 2.13. The van der Waals surface area contributed by atoms with E-state index in [4.69, 9.17) is 24.8 Å². The Kier molecular flexibility index (Phi) is 15.6. The summed E-state index contributed by atoms with van der Waals surface area (Å²) in [5.41, 5.74) is 0.768. The lowest BCUT2D eigenvalue weighted by Crippen LogP contribution is -2.32. The Bertz CT molecular complexity index is 2110. The van der Waals surface area contributed by atoms with E-state index in [1.54, 1.807) is 32.3 Å². The summed E-state index contributed by atoms with van der Waals surface area (Å²) in [5.74, 6) is -1.35. The van der Waals surface area contributed by atoms with E-state index in [1.807, 2.05) is 40.9 Å². The first-order chi connectivity index (χ1) is 26.4. The van der Waals surface area contributed by atoms with Crippen molar-refractivity contribution in [1.29, 1.82) is 0 Å². The van der Waals surface area contributed by atoms with Crippen LogP contribution >= 0.6 is 0 Å². The van der Waals surface area contributed by atoms with E-state index in [2.05, 4.69) is 0 Å². The Morgan fingerprint density at radius 1 is 0.607 bits per heavy atom. The van der Waals surface area contributed by atoms with Gasteiger partial charge in [-0.2, -0.15) is 0 Å². The molecule has 3 N–H and O–H groups in total. The van der Waals surface area contributed by atoms with Gasteiger partial charge in [0, 0.05) is 98.4 Å². The molecule has 0 bridgehead atoms. The second kappa shape index (κ2) is 19.5. The first kappa shape index (κ1) is 44.8. The Balaban J connectivity index is 1.87. The lowest BCUT2D eigenvalue weighted by molar-refractivity contribution is -0.138. The maximum absolute atomic E-state index is 14.6. The molecule has 0 aliphatic carbocycles. The van der Waals surface area contributed by atoms with Gasteiger partial charge in [0.2, 0.25) is 20.0 Å². The molecule has 4 aromatic rings. The lowest BCUT2D eigenvalue weighted by Gasteiger charge is -2.26. The second-order valence-electron chi connectivity index (χ2n) is 14.2. The zero-order chi connectivity index (χ0) is 41.4. The van der Waals surface area contributed by atoms with Crippen LogP contribution in [0.5, 0.6) is 5.75 Å². The molecule has 56 heavy (non-hydrogen) atoms. The molecular weight excluding hydrogens is 767 g/mol. The molecule has 0 saturated carbocycles. The molecule has 0 fully saturated rings. The lowest BCUT2D eigenvalue weighted by atomic mass is 9.92. The summed E-state index contributed by atoms with van der Waals surface area (Å²) in [5, 5.41) is 30.4. The molecule has 0 aromatic heterocycles. The molecule has 0 heterocycles. The highest BCUT2D eigenvalue weighted by Crippen LogP contribution is 2.46. The Morgan fingerprint density at radius 2 is 1.07 bits per heavy atom. The van der Waals surface area contributed by atoms with Crippen molar-refractivity contribution in [3.8, 4) is 5.75 Å². The van der Waals surface area contributed by atoms with E-state index in [0.29, 0.717) is 71.7 Å². The second-order valence-corrected chi connectivity index (χ2v) is 18.2. The highest BCUT2D eigenvalue weighted by atomic mass is 32.2. The molecule has 0 spiro atoms. The fourth-order valence-corrected chi connectivity index (χ4v) is 9.59. The number of anilines is 1. The van der Waals surface area contributed by atoms with Gasteiger partial charge in [0.05, 0.1) is 42.5 Å². The normalized spacial score (nSPS) is 12.7. The average Bonchev–Trinajstić information content (AvgIpc) is 3.14. The smallest absolute Gasteiger partial charge is 0.304 e. The number of ether oxygens (including phenoxy) is 2. The van der Waals surface area contributed by atoms with E-state index in [9.17, 15) is 26.4 Å². The monoisotopic (exact) mass is 821 g/mol. The van der Waals surface area contributed by atoms with E-state index in [0.717, 1.165) is 11.1 Å². The van der Waals surface area contributed by atoms with Crippen LogP contribution in [0.25, 0.3) is 32.3 Å². The summed E-state index contributed by atoms with van der Waals surface area (Å²) in [7, 11) is 1.58. The predicted octanol–water partition coefficient (Wildman–Crippen LogP) is 2.87. The van der Waals surface area contributed by atoms with Crippen LogP contribution in [-0.4, -0.2) is 170 Å². The SMILES string of the molecule is CN(CCCN(C)S(=O)(=O)c1cc(S(=O)(=O)N(C)CCCN(C)CCC(=O)O)c2ccc3c(N(C)C)cc(OCCOCCO)c4ccc1c2c43)CCC(=O)O.